The van der Waals surface area contributed by atoms with Gasteiger partial charge in [0.05, 0.1) is 6.04 Å². The van der Waals surface area contributed by atoms with Crippen LogP contribution in [0.4, 0.5) is 0 Å². The zero-order chi connectivity index (χ0) is 13.4. The summed E-state index contributed by atoms with van der Waals surface area (Å²) in [6, 6.07) is 0.727. The van der Waals surface area contributed by atoms with Gasteiger partial charge in [-0.3, -0.25) is 9.69 Å². The molecule has 0 bridgehead atoms. The van der Waals surface area contributed by atoms with Crippen LogP contribution in [0.25, 0.3) is 0 Å². The van der Waals surface area contributed by atoms with Gasteiger partial charge in [0.15, 0.2) is 0 Å². The number of amides is 1. The molecule has 4 nitrogen and oxygen atoms in total. The second-order valence-electron chi connectivity index (χ2n) is 5.18. The quantitative estimate of drug-likeness (QED) is 0.579. The molecule has 0 aromatic carbocycles. The molecule has 0 aliphatic heterocycles. The smallest absolute Gasteiger partial charge is 0.236 e. The molecule has 1 amide bonds. The molecule has 2 N–H and O–H groups in total. The number of hydrogen-bond donors (Lipinski definition) is 2. The van der Waals surface area contributed by atoms with Crippen molar-refractivity contribution in [3.8, 4) is 0 Å². The lowest BCUT2D eigenvalue weighted by atomic mass is 10.3. The Labute approximate surface area is 111 Å². The number of carbonyl (C=O) groups is 1. The van der Waals surface area contributed by atoms with Gasteiger partial charge in [-0.05, 0) is 32.7 Å². The number of nitrogens with one attached hydrogen (secondary N) is 2. The maximum atomic E-state index is 11.7. The minimum absolute atomic E-state index is 0.0836. The van der Waals surface area contributed by atoms with E-state index in [1.807, 2.05) is 6.92 Å². The van der Waals surface area contributed by atoms with Crippen LogP contribution in [0.1, 0.15) is 46.5 Å². The topological polar surface area (TPSA) is 44.4 Å². The molecule has 106 valence electrons. The Kier molecular flexibility index (Phi) is 7.28. The summed E-state index contributed by atoms with van der Waals surface area (Å²) < 4.78 is 0. The summed E-state index contributed by atoms with van der Waals surface area (Å²) in [5, 5.41) is 6.26. The maximum absolute atomic E-state index is 11.7. The van der Waals surface area contributed by atoms with Gasteiger partial charge in [0.1, 0.15) is 0 Å². The first-order valence-electron chi connectivity index (χ1n) is 7.44. The van der Waals surface area contributed by atoms with Crippen LogP contribution in [-0.4, -0.2) is 49.1 Å². The van der Waals surface area contributed by atoms with Crippen LogP contribution in [0.2, 0.25) is 0 Å². The van der Waals surface area contributed by atoms with E-state index in [4.69, 9.17) is 0 Å². The molecule has 4 heteroatoms. The summed E-state index contributed by atoms with van der Waals surface area (Å²) in [5.74, 6) is 0.123. The molecule has 1 unspecified atom stereocenters. The molecule has 0 aromatic heterocycles. The lowest BCUT2D eigenvalue weighted by molar-refractivity contribution is -0.122. The fourth-order valence-electron chi connectivity index (χ4n) is 2.10. The Hall–Kier alpha value is -0.610. The van der Waals surface area contributed by atoms with E-state index in [1.54, 1.807) is 0 Å². The van der Waals surface area contributed by atoms with Crippen LogP contribution in [0.15, 0.2) is 0 Å². The van der Waals surface area contributed by atoms with Crippen LogP contribution in [-0.2, 0) is 4.79 Å². The number of rotatable bonds is 10. The molecule has 18 heavy (non-hydrogen) atoms. The Bertz CT molecular complexity index is 241. The molecular weight excluding hydrogens is 226 g/mol. The SMILES string of the molecule is CCCCNC(=O)C(C)NCCN(CC)C1CC1. The van der Waals surface area contributed by atoms with Crippen molar-refractivity contribution < 1.29 is 4.79 Å². The van der Waals surface area contributed by atoms with Gasteiger partial charge in [-0.15, -0.1) is 0 Å². The average Bonchev–Trinajstić information content (AvgIpc) is 3.18. The normalized spacial score (nSPS) is 16.9. The Balaban J connectivity index is 2.07. The highest BCUT2D eigenvalue weighted by atomic mass is 16.2. The van der Waals surface area contributed by atoms with Gasteiger partial charge in [0.2, 0.25) is 5.91 Å². The first-order chi connectivity index (χ1) is 8.69. The minimum atomic E-state index is -0.0836. The molecule has 1 atom stereocenters. The third kappa shape index (κ3) is 5.83. The van der Waals surface area contributed by atoms with E-state index in [9.17, 15) is 4.79 Å². The van der Waals surface area contributed by atoms with Crippen LogP contribution in [0.5, 0.6) is 0 Å². The lowest BCUT2D eigenvalue weighted by Gasteiger charge is -2.21. The number of unbranched alkanes of at least 4 members (excludes halogenated alkanes) is 1. The van der Waals surface area contributed by atoms with Gasteiger partial charge in [0, 0.05) is 25.7 Å². The van der Waals surface area contributed by atoms with Gasteiger partial charge >= 0.3 is 0 Å². The van der Waals surface area contributed by atoms with Crippen LogP contribution < -0.4 is 10.6 Å². The predicted molar refractivity (Wildman–Crippen MR) is 75.7 cm³/mol. The van der Waals surface area contributed by atoms with Crippen molar-refractivity contribution in [3.63, 3.8) is 0 Å². The maximum Gasteiger partial charge on any atom is 0.236 e. The molecule has 1 aliphatic rings. The van der Waals surface area contributed by atoms with E-state index < -0.39 is 0 Å². The summed E-state index contributed by atoms with van der Waals surface area (Å²) >= 11 is 0. The zero-order valence-corrected chi connectivity index (χ0v) is 12.2. The van der Waals surface area contributed by atoms with Crippen molar-refractivity contribution in [2.24, 2.45) is 0 Å². The molecule has 0 heterocycles. The van der Waals surface area contributed by atoms with E-state index in [1.165, 1.54) is 12.8 Å². The molecule has 1 rings (SSSR count). The van der Waals surface area contributed by atoms with Crippen molar-refractivity contribution in [2.75, 3.05) is 26.2 Å². The van der Waals surface area contributed by atoms with E-state index in [0.29, 0.717) is 0 Å². The van der Waals surface area contributed by atoms with E-state index in [2.05, 4.69) is 29.4 Å². The second-order valence-corrected chi connectivity index (χ2v) is 5.18. The third-order valence-electron chi connectivity index (χ3n) is 3.54. The molecule has 0 spiro atoms. The lowest BCUT2D eigenvalue weighted by Crippen LogP contribution is -2.45. The van der Waals surface area contributed by atoms with Crippen molar-refractivity contribution in [1.29, 1.82) is 0 Å². The van der Waals surface area contributed by atoms with Gasteiger partial charge < -0.3 is 10.6 Å². The van der Waals surface area contributed by atoms with E-state index in [0.717, 1.165) is 45.1 Å². The minimum Gasteiger partial charge on any atom is -0.355 e. The summed E-state index contributed by atoms with van der Waals surface area (Å²) in [6.45, 7) is 10.1. The zero-order valence-electron chi connectivity index (χ0n) is 12.2. The summed E-state index contributed by atoms with van der Waals surface area (Å²) in [6.07, 6.45) is 4.88. The third-order valence-corrected chi connectivity index (χ3v) is 3.54. The fraction of sp³-hybridized carbons (Fsp3) is 0.929. The highest BCUT2D eigenvalue weighted by Crippen LogP contribution is 2.25. The number of likely N-dealkylation sites (N-methyl/N-ethyl adjacent to an activating group) is 1. The van der Waals surface area contributed by atoms with Gasteiger partial charge in [-0.1, -0.05) is 20.3 Å². The highest BCUT2D eigenvalue weighted by molar-refractivity contribution is 5.81. The molecule has 1 aliphatic carbocycles. The highest BCUT2D eigenvalue weighted by Gasteiger charge is 2.27. The van der Waals surface area contributed by atoms with Crippen molar-refractivity contribution in [2.45, 2.75) is 58.5 Å². The van der Waals surface area contributed by atoms with Gasteiger partial charge in [-0.25, -0.2) is 0 Å². The van der Waals surface area contributed by atoms with E-state index >= 15 is 0 Å². The monoisotopic (exact) mass is 255 g/mol. The second kappa shape index (κ2) is 8.48. The molecule has 1 saturated carbocycles. The molecule has 0 saturated heterocycles. The van der Waals surface area contributed by atoms with Crippen LogP contribution >= 0.6 is 0 Å². The van der Waals surface area contributed by atoms with E-state index in [-0.39, 0.29) is 11.9 Å². The molecule has 0 radical (unpaired) electrons. The van der Waals surface area contributed by atoms with Gasteiger partial charge in [0.25, 0.3) is 0 Å². The van der Waals surface area contributed by atoms with Crippen LogP contribution in [0.3, 0.4) is 0 Å². The fourth-order valence-corrected chi connectivity index (χ4v) is 2.10. The van der Waals surface area contributed by atoms with Gasteiger partial charge in [-0.2, -0.15) is 0 Å². The number of nitrogens with zero attached hydrogens (tertiary/aromatic N) is 1. The van der Waals surface area contributed by atoms with Crippen LogP contribution in [0, 0.1) is 0 Å². The largest absolute Gasteiger partial charge is 0.355 e. The molecular formula is C14H29N3O. The first-order valence-corrected chi connectivity index (χ1v) is 7.44. The Morgan fingerprint density at radius 3 is 2.61 bits per heavy atom. The first kappa shape index (κ1) is 15.4. The number of carbonyl (C=O) groups excluding carboxylic acids is 1. The Morgan fingerprint density at radius 2 is 2.06 bits per heavy atom. The van der Waals surface area contributed by atoms with Crippen molar-refractivity contribution in [3.05, 3.63) is 0 Å². The standard InChI is InChI=1S/C14H29N3O/c1-4-6-9-16-14(18)12(3)15-10-11-17(5-2)13-7-8-13/h12-13,15H,4-11H2,1-3H3,(H,16,18). The summed E-state index contributed by atoms with van der Waals surface area (Å²) in [4.78, 5) is 14.2. The number of hydrogen-bond acceptors (Lipinski definition) is 3. The Morgan fingerprint density at radius 1 is 1.33 bits per heavy atom. The average molecular weight is 255 g/mol. The van der Waals surface area contributed by atoms with Crippen molar-refractivity contribution >= 4 is 5.91 Å². The molecule has 0 aromatic rings. The summed E-state index contributed by atoms with van der Waals surface area (Å²) in [7, 11) is 0. The summed E-state index contributed by atoms with van der Waals surface area (Å²) in [5.41, 5.74) is 0. The predicted octanol–water partition coefficient (Wildman–Crippen LogP) is 1.37. The molecule has 1 fully saturated rings. The van der Waals surface area contributed by atoms with Crippen molar-refractivity contribution in [1.82, 2.24) is 15.5 Å².